The number of nitrogens with zero attached hydrogens (tertiary/aromatic N) is 1. The summed E-state index contributed by atoms with van der Waals surface area (Å²) in [5.41, 5.74) is 1.80. The molecule has 31 heavy (non-hydrogen) atoms. The van der Waals surface area contributed by atoms with Crippen LogP contribution in [0, 0.1) is 17.1 Å². The van der Waals surface area contributed by atoms with Crippen LogP contribution >= 0.6 is 15.9 Å². The Balaban J connectivity index is 1.74. The van der Waals surface area contributed by atoms with E-state index in [0.717, 1.165) is 4.47 Å². The van der Waals surface area contributed by atoms with Crippen molar-refractivity contribution in [3.8, 4) is 17.6 Å². The van der Waals surface area contributed by atoms with Gasteiger partial charge in [0.05, 0.1) is 7.11 Å². The van der Waals surface area contributed by atoms with Crippen molar-refractivity contribution in [1.29, 1.82) is 5.26 Å². The Morgan fingerprint density at radius 2 is 1.90 bits per heavy atom. The minimum Gasteiger partial charge on any atom is -0.493 e. The molecule has 0 saturated heterocycles. The van der Waals surface area contributed by atoms with Crippen LogP contribution < -0.4 is 14.8 Å². The Hall–Kier alpha value is -3.63. The highest BCUT2D eigenvalue weighted by Crippen LogP contribution is 2.30. The van der Waals surface area contributed by atoms with Gasteiger partial charge in [-0.25, -0.2) is 4.39 Å². The van der Waals surface area contributed by atoms with Gasteiger partial charge in [-0.05, 0) is 65.7 Å². The van der Waals surface area contributed by atoms with E-state index in [0.29, 0.717) is 28.3 Å². The highest BCUT2D eigenvalue weighted by Gasteiger charge is 2.11. The molecule has 0 atom stereocenters. The summed E-state index contributed by atoms with van der Waals surface area (Å²) in [4.78, 5) is 12.4. The zero-order valence-corrected chi connectivity index (χ0v) is 18.1. The summed E-state index contributed by atoms with van der Waals surface area (Å²) in [7, 11) is 1.49. The van der Waals surface area contributed by atoms with Crippen LogP contribution in [0.1, 0.15) is 11.1 Å². The van der Waals surface area contributed by atoms with Crippen LogP contribution in [0.4, 0.5) is 10.1 Å². The van der Waals surface area contributed by atoms with Crippen molar-refractivity contribution in [3.63, 3.8) is 0 Å². The molecule has 3 aromatic carbocycles. The van der Waals surface area contributed by atoms with Crippen molar-refractivity contribution in [2.24, 2.45) is 0 Å². The molecule has 5 nitrogen and oxygen atoms in total. The predicted octanol–water partition coefficient (Wildman–Crippen LogP) is 5.72. The maximum atomic E-state index is 13.3. The van der Waals surface area contributed by atoms with Gasteiger partial charge in [-0.15, -0.1) is 0 Å². The molecule has 0 saturated carbocycles. The SMILES string of the molecule is COc1cc(/C=C(/C#N)C(=O)Nc2ccc(Br)cc2)ccc1OCc1cccc(F)c1. The number of hydrogen-bond donors (Lipinski definition) is 1. The van der Waals surface area contributed by atoms with Gasteiger partial charge in [0.2, 0.25) is 0 Å². The van der Waals surface area contributed by atoms with Crippen LogP contribution in [-0.2, 0) is 11.4 Å². The van der Waals surface area contributed by atoms with Crippen LogP contribution in [0.5, 0.6) is 11.5 Å². The van der Waals surface area contributed by atoms with Crippen molar-refractivity contribution >= 4 is 33.6 Å². The van der Waals surface area contributed by atoms with E-state index in [4.69, 9.17) is 9.47 Å². The van der Waals surface area contributed by atoms with E-state index in [2.05, 4.69) is 21.2 Å². The van der Waals surface area contributed by atoms with E-state index in [-0.39, 0.29) is 18.0 Å². The van der Waals surface area contributed by atoms with Gasteiger partial charge in [0.25, 0.3) is 5.91 Å². The summed E-state index contributed by atoms with van der Waals surface area (Å²) in [5.74, 6) is 0.0340. The molecular formula is C24H18BrFN2O3. The third kappa shape index (κ3) is 6.17. The van der Waals surface area contributed by atoms with E-state index in [1.165, 1.54) is 25.3 Å². The monoisotopic (exact) mass is 480 g/mol. The normalized spacial score (nSPS) is 10.8. The largest absolute Gasteiger partial charge is 0.493 e. The Kier molecular flexibility index (Phi) is 7.41. The first-order chi connectivity index (χ1) is 15.0. The zero-order valence-electron chi connectivity index (χ0n) is 16.6. The van der Waals surface area contributed by atoms with Gasteiger partial charge >= 0.3 is 0 Å². The summed E-state index contributed by atoms with van der Waals surface area (Å²) < 4.78 is 25.3. The molecule has 1 N–H and O–H groups in total. The van der Waals surface area contributed by atoms with Crippen LogP contribution in [0.25, 0.3) is 6.08 Å². The maximum Gasteiger partial charge on any atom is 0.266 e. The van der Waals surface area contributed by atoms with E-state index in [1.54, 1.807) is 54.6 Å². The predicted molar refractivity (Wildman–Crippen MR) is 120 cm³/mol. The lowest BCUT2D eigenvalue weighted by Crippen LogP contribution is -2.13. The lowest BCUT2D eigenvalue weighted by Gasteiger charge is -2.12. The molecule has 0 heterocycles. The number of anilines is 1. The van der Waals surface area contributed by atoms with Crippen molar-refractivity contribution in [3.05, 3.63) is 93.7 Å². The fourth-order valence-corrected chi connectivity index (χ4v) is 2.99. The first kappa shape index (κ1) is 22.1. The topological polar surface area (TPSA) is 71.3 Å². The van der Waals surface area contributed by atoms with Crippen LogP contribution in [-0.4, -0.2) is 13.0 Å². The molecule has 0 unspecified atom stereocenters. The number of hydrogen-bond acceptors (Lipinski definition) is 4. The molecule has 7 heteroatoms. The van der Waals surface area contributed by atoms with E-state index in [9.17, 15) is 14.4 Å². The number of methoxy groups -OCH3 is 1. The number of amides is 1. The van der Waals surface area contributed by atoms with Crippen molar-refractivity contribution in [2.75, 3.05) is 12.4 Å². The Morgan fingerprint density at radius 1 is 1.13 bits per heavy atom. The van der Waals surface area contributed by atoms with Crippen LogP contribution in [0.3, 0.4) is 0 Å². The van der Waals surface area contributed by atoms with Gasteiger partial charge < -0.3 is 14.8 Å². The average molecular weight is 481 g/mol. The van der Waals surface area contributed by atoms with Gasteiger partial charge in [0, 0.05) is 10.2 Å². The molecule has 0 fully saturated rings. The Labute approximate surface area is 187 Å². The second kappa shape index (κ2) is 10.4. The second-order valence-corrected chi connectivity index (χ2v) is 7.38. The van der Waals surface area contributed by atoms with Gasteiger partial charge in [0.1, 0.15) is 24.1 Å². The van der Waals surface area contributed by atoms with Crippen LogP contribution in [0.15, 0.2) is 76.8 Å². The average Bonchev–Trinajstić information content (AvgIpc) is 2.77. The highest BCUT2D eigenvalue weighted by atomic mass is 79.9. The molecule has 3 aromatic rings. The number of halogens is 2. The van der Waals surface area contributed by atoms with Gasteiger partial charge in [-0.3, -0.25) is 4.79 Å². The minimum absolute atomic E-state index is 0.0570. The summed E-state index contributed by atoms with van der Waals surface area (Å²) in [6, 6.07) is 20.1. The fraction of sp³-hybridized carbons (Fsp3) is 0.0833. The first-order valence-electron chi connectivity index (χ1n) is 9.22. The lowest BCUT2D eigenvalue weighted by atomic mass is 10.1. The van der Waals surface area contributed by atoms with Gasteiger partial charge in [-0.1, -0.05) is 34.1 Å². The molecule has 0 aliphatic rings. The van der Waals surface area contributed by atoms with Gasteiger partial charge in [-0.2, -0.15) is 5.26 Å². The molecule has 1 amide bonds. The quantitative estimate of drug-likeness (QED) is 0.346. The third-order valence-electron chi connectivity index (χ3n) is 4.25. The summed E-state index contributed by atoms with van der Waals surface area (Å²) >= 11 is 3.33. The Bertz CT molecular complexity index is 1150. The Morgan fingerprint density at radius 3 is 2.58 bits per heavy atom. The van der Waals surface area contributed by atoms with Crippen molar-refractivity contribution < 1.29 is 18.7 Å². The fourth-order valence-electron chi connectivity index (χ4n) is 2.73. The lowest BCUT2D eigenvalue weighted by molar-refractivity contribution is -0.112. The number of nitriles is 1. The number of carbonyl (C=O) groups excluding carboxylic acids is 1. The molecular weight excluding hydrogens is 463 g/mol. The molecule has 0 spiro atoms. The highest BCUT2D eigenvalue weighted by molar-refractivity contribution is 9.10. The minimum atomic E-state index is -0.518. The molecule has 0 aliphatic heterocycles. The molecule has 156 valence electrons. The molecule has 0 aromatic heterocycles. The second-order valence-electron chi connectivity index (χ2n) is 6.46. The molecule has 0 bridgehead atoms. The van der Waals surface area contributed by atoms with Crippen molar-refractivity contribution in [2.45, 2.75) is 6.61 Å². The summed E-state index contributed by atoms with van der Waals surface area (Å²) in [6.45, 7) is 0.169. The number of carbonyl (C=O) groups is 1. The van der Waals surface area contributed by atoms with Crippen LogP contribution in [0.2, 0.25) is 0 Å². The number of rotatable bonds is 7. The number of benzene rings is 3. The molecule has 3 rings (SSSR count). The molecule has 0 aliphatic carbocycles. The van der Waals surface area contributed by atoms with E-state index < -0.39 is 5.91 Å². The van der Waals surface area contributed by atoms with Crippen molar-refractivity contribution in [1.82, 2.24) is 0 Å². The third-order valence-corrected chi connectivity index (χ3v) is 4.78. The van der Waals surface area contributed by atoms with E-state index in [1.807, 2.05) is 6.07 Å². The number of nitrogens with one attached hydrogen (secondary N) is 1. The summed E-state index contributed by atoms with van der Waals surface area (Å²) in [6.07, 6.45) is 1.47. The number of ether oxygens (including phenoxy) is 2. The molecule has 0 radical (unpaired) electrons. The zero-order chi connectivity index (χ0) is 22.2. The smallest absolute Gasteiger partial charge is 0.266 e. The summed E-state index contributed by atoms with van der Waals surface area (Å²) in [5, 5.41) is 12.1. The van der Waals surface area contributed by atoms with E-state index >= 15 is 0 Å². The standard InChI is InChI=1S/C24H18BrFN2O3/c1-30-23-13-16(5-10-22(23)31-15-17-3-2-4-20(26)12-17)11-18(14-27)24(29)28-21-8-6-19(25)7-9-21/h2-13H,15H2,1H3,(H,28,29)/b18-11-. The first-order valence-corrected chi connectivity index (χ1v) is 10.0. The van der Waals surface area contributed by atoms with Gasteiger partial charge in [0.15, 0.2) is 11.5 Å². The maximum absolute atomic E-state index is 13.3.